The fourth-order valence-corrected chi connectivity index (χ4v) is 2.62. The lowest BCUT2D eigenvalue weighted by Gasteiger charge is -2.25. The second-order valence-corrected chi connectivity index (χ2v) is 5.60. The molecule has 1 atom stereocenters. The number of nitrogens with zero attached hydrogens (tertiary/aromatic N) is 4. The van der Waals surface area contributed by atoms with Gasteiger partial charge in [-0.25, -0.2) is 9.67 Å². The second-order valence-electron chi connectivity index (χ2n) is 4.49. The van der Waals surface area contributed by atoms with Gasteiger partial charge in [-0.15, -0.1) is 18.2 Å². The molecular weight excluding hydrogens is 272 g/mol. The Morgan fingerprint density at radius 1 is 1.70 bits per heavy atom. The minimum atomic E-state index is 0.341. The number of hydrogen-bond acceptors (Lipinski definition) is 4. The first kappa shape index (κ1) is 14.7. The molecule has 20 heavy (non-hydrogen) atoms. The molecule has 0 saturated carbocycles. The number of thioether (sulfide) groups is 1. The molecule has 2 heterocycles. The maximum atomic E-state index is 5.21. The zero-order valence-electron chi connectivity index (χ0n) is 11.7. The molecule has 0 radical (unpaired) electrons. The summed E-state index contributed by atoms with van der Waals surface area (Å²) in [5.74, 6) is 6.25. The number of hydrogen-bond donors (Lipinski definition) is 2. The third-order valence-corrected chi connectivity index (χ3v) is 3.96. The molecule has 1 aliphatic heterocycles. The van der Waals surface area contributed by atoms with Crippen molar-refractivity contribution >= 4 is 17.7 Å². The van der Waals surface area contributed by atoms with Crippen LogP contribution in [-0.4, -0.2) is 51.9 Å². The van der Waals surface area contributed by atoms with E-state index in [0.717, 1.165) is 49.2 Å². The Morgan fingerprint density at radius 2 is 2.60 bits per heavy atom. The first-order valence-electron chi connectivity index (χ1n) is 6.68. The van der Waals surface area contributed by atoms with Gasteiger partial charge in [0.05, 0.1) is 12.3 Å². The number of nitrogens with one attached hydrogen (secondary N) is 2. The molecule has 6 nitrogen and oxygen atoms in total. The second kappa shape index (κ2) is 7.80. The summed E-state index contributed by atoms with van der Waals surface area (Å²) in [6.07, 6.45) is 8.83. The molecule has 1 aliphatic rings. The standard InChI is InChI=1S/C13H20N6S/c1-3-7-20-8-6-15-13(14-2)18-11-4-5-12-16-10-17-19(12)9-11/h1,10-11H,4-9H2,2H3,(H2,14,15,18). The Kier molecular flexibility index (Phi) is 5.74. The van der Waals surface area contributed by atoms with Crippen LogP contribution in [0.1, 0.15) is 12.2 Å². The molecule has 108 valence electrons. The van der Waals surface area contributed by atoms with Crippen LogP contribution in [0.4, 0.5) is 0 Å². The topological polar surface area (TPSA) is 67.1 Å². The average molecular weight is 292 g/mol. The van der Waals surface area contributed by atoms with Gasteiger partial charge in [-0.05, 0) is 6.42 Å². The van der Waals surface area contributed by atoms with Crippen LogP contribution in [0.5, 0.6) is 0 Å². The number of aromatic nitrogens is 3. The van der Waals surface area contributed by atoms with E-state index in [1.165, 1.54) is 0 Å². The molecule has 0 aliphatic carbocycles. The van der Waals surface area contributed by atoms with E-state index in [1.54, 1.807) is 25.1 Å². The van der Waals surface area contributed by atoms with Crippen LogP contribution in [0.25, 0.3) is 0 Å². The van der Waals surface area contributed by atoms with Crippen molar-refractivity contribution in [3.05, 3.63) is 12.2 Å². The molecule has 1 aromatic rings. The van der Waals surface area contributed by atoms with Crippen LogP contribution in [0, 0.1) is 12.3 Å². The van der Waals surface area contributed by atoms with Crippen LogP contribution in [0.3, 0.4) is 0 Å². The van der Waals surface area contributed by atoms with Crippen molar-refractivity contribution in [1.29, 1.82) is 0 Å². The number of aryl methyl sites for hydroxylation is 1. The molecular formula is C13H20N6S. The van der Waals surface area contributed by atoms with Gasteiger partial charge in [0.25, 0.3) is 0 Å². The number of rotatable bonds is 5. The minimum absolute atomic E-state index is 0.341. The van der Waals surface area contributed by atoms with Crippen LogP contribution in [0.15, 0.2) is 11.3 Å². The van der Waals surface area contributed by atoms with E-state index in [4.69, 9.17) is 6.42 Å². The third kappa shape index (κ3) is 4.17. The Morgan fingerprint density at radius 3 is 3.40 bits per heavy atom. The van der Waals surface area contributed by atoms with E-state index in [9.17, 15) is 0 Å². The fourth-order valence-electron chi connectivity index (χ4n) is 2.12. The maximum Gasteiger partial charge on any atom is 0.191 e. The number of terminal acetylenes is 1. The summed E-state index contributed by atoms with van der Waals surface area (Å²) in [7, 11) is 1.79. The lowest BCUT2D eigenvalue weighted by atomic mass is 10.1. The van der Waals surface area contributed by atoms with E-state index < -0.39 is 0 Å². The van der Waals surface area contributed by atoms with Crippen molar-refractivity contribution in [2.24, 2.45) is 4.99 Å². The summed E-state index contributed by atoms with van der Waals surface area (Å²) in [5.41, 5.74) is 0. The van der Waals surface area contributed by atoms with Gasteiger partial charge in [0.15, 0.2) is 5.96 Å². The van der Waals surface area contributed by atoms with E-state index >= 15 is 0 Å². The van der Waals surface area contributed by atoms with Crippen molar-refractivity contribution in [2.75, 3.05) is 25.1 Å². The lowest BCUT2D eigenvalue weighted by molar-refractivity contribution is 0.393. The van der Waals surface area contributed by atoms with E-state index in [1.807, 2.05) is 4.68 Å². The van der Waals surface area contributed by atoms with Gasteiger partial charge >= 0.3 is 0 Å². The Hall–Kier alpha value is -1.68. The number of fused-ring (bicyclic) bond motifs is 1. The van der Waals surface area contributed by atoms with Crippen molar-refractivity contribution in [1.82, 2.24) is 25.4 Å². The SMILES string of the molecule is C#CCSCCNC(=NC)NC1CCc2ncnn2C1. The molecule has 2 N–H and O–H groups in total. The highest BCUT2D eigenvalue weighted by atomic mass is 32.2. The normalized spacial score (nSPS) is 18.2. The van der Waals surface area contributed by atoms with Crippen LogP contribution in [-0.2, 0) is 13.0 Å². The van der Waals surface area contributed by atoms with E-state index in [2.05, 4.69) is 31.6 Å². The molecule has 0 spiro atoms. The molecule has 0 saturated heterocycles. The van der Waals surface area contributed by atoms with Crippen molar-refractivity contribution in [2.45, 2.75) is 25.4 Å². The zero-order valence-corrected chi connectivity index (χ0v) is 12.5. The summed E-state index contributed by atoms with van der Waals surface area (Å²) < 4.78 is 1.96. The van der Waals surface area contributed by atoms with Gasteiger partial charge < -0.3 is 10.6 Å². The minimum Gasteiger partial charge on any atom is -0.356 e. The molecule has 1 aromatic heterocycles. The summed E-state index contributed by atoms with van der Waals surface area (Å²) in [6, 6.07) is 0.341. The Labute approximate surface area is 123 Å². The Balaban J connectivity index is 1.73. The van der Waals surface area contributed by atoms with Crippen molar-refractivity contribution < 1.29 is 0 Å². The monoisotopic (exact) mass is 292 g/mol. The van der Waals surface area contributed by atoms with Crippen LogP contribution < -0.4 is 10.6 Å². The largest absolute Gasteiger partial charge is 0.356 e. The fraction of sp³-hybridized carbons (Fsp3) is 0.615. The molecule has 2 rings (SSSR count). The first-order valence-corrected chi connectivity index (χ1v) is 7.84. The van der Waals surface area contributed by atoms with Gasteiger partial charge in [0.1, 0.15) is 12.2 Å². The summed E-state index contributed by atoms with van der Waals surface area (Å²) >= 11 is 1.74. The van der Waals surface area contributed by atoms with E-state index in [0.29, 0.717) is 6.04 Å². The summed E-state index contributed by atoms with van der Waals surface area (Å²) in [6.45, 7) is 1.69. The smallest absolute Gasteiger partial charge is 0.191 e. The molecule has 7 heteroatoms. The van der Waals surface area contributed by atoms with Gasteiger partial charge in [-0.1, -0.05) is 5.92 Å². The predicted octanol–water partition coefficient (Wildman–Crippen LogP) is 0.124. The predicted molar refractivity (Wildman–Crippen MR) is 82.8 cm³/mol. The quantitative estimate of drug-likeness (QED) is 0.349. The van der Waals surface area contributed by atoms with Gasteiger partial charge in [0, 0.05) is 31.8 Å². The number of guanidine groups is 1. The van der Waals surface area contributed by atoms with Crippen LogP contribution in [0.2, 0.25) is 0 Å². The highest BCUT2D eigenvalue weighted by Crippen LogP contribution is 2.11. The first-order chi connectivity index (χ1) is 9.83. The summed E-state index contributed by atoms with van der Waals surface area (Å²) in [4.78, 5) is 8.47. The third-order valence-electron chi connectivity index (χ3n) is 3.09. The van der Waals surface area contributed by atoms with Gasteiger partial charge in [-0.3, -0.25) is 4.99 Å². The van der Waals surface area contributed by atoms with Gasteiger partial charge in [-0.2, -0.15) is 5.10 Å². The van der Waals surface area contributed by atoms with Crippen molar-refractivity contribution in [3.63, 3.8) is 0 Å². The van der Waals surface area contributed by atoms with E-state index in [-0.39, 0.29) is 0 Å². The highest BCUT2D eigenvalue weighted by Gasteiger charge is 2.20. The molecule has 0 bridgehead atoms. The average Bonchev–Trinajstić information content (AvgIpc) is 2.93. The maximum absolute atomic E-state index is 5.21. The van der Waals surface area contributed by atoms with Crippen molar-refractivity contribution in [3.8, 4) is 12.3 Å². The van der Waals surface area contributed by atoms with Gasteiger partial charge in [0.2, 0.25) is 0 Å². The molecule has 0 fully saturated rings. The molecule has 0 aromatic carbocycles. The lowest BCUT2D eigenvalue weighted by Crippen LogP contribution is -2.47. The highest BCUT2D eigenvalue weighted by molar-refractivity contribution is 7.99. The molecule has 1 unspecified atom stereocenters. The van der Waals surface area contributed by atoms with Crippen LogP contribution >= 0.6 is 11.8 Å². The molecule has 0 amide bonds. The Bertz CT molecular complexity index is 489. The zero-order chi connectivity index (χ0) is 14.2. The summed E-state index contributed by atoms with van der Waals surface area (Å²) in [5, 5.41) is 10.9. The number of aliphatic imine (C=N–C) groups is 1.